The van der Waals surface area contributed by atoms with Gasteiger partial charge in [0.2, 0.25) is 5.91 Å². The number of aliphatic hydroxyl groups excluding tert-OH is 1. The summed E-state index contributed by atoms with van der Waals surface area (Å²) < 4.78 is 0. The highest BCUT2D eigenvalue weighted by Gasteiger charge is 2.24. The third-order valence-corrected chi connectivity index (χ3v) is 1.54. The molecule has 0 bridgehead atoms. The smallest absolute Gasteiger partial charge is 0.235 e. The van der Waals surface area contributed by atoms with E-state index in [2.05, 4.69) is 5.32 Å². The Morgan fingerprint density at radius 3 is 2.58 bits per heavy atom. The molecule has 0 saturated carbocycles. The Bertz CT molecular complexity index is 161. The van der Waals surface area contributed by atoms with Gasteiger partial charge in [0.1, 0.15) is 6.29 Å². The summed E-state index contributed by atoms with van der Waals surface area (Å²) in [4.78, 5) is 21.1. The first-order chi connectivity index (χ1) is 5.67. The topological polar surface area (TPSA) is 92.4 Å². The summed E-state index contributed by atoms with van der Waals surface area (Å²) in [5.41, 5.74) is 5.00. The molecule has 0 aromatic rings. The van der Waals surface area contributed by atoms with Crippen LogP contribution in [0.3, 0.4) is 0 Å². The van der Waals surface area contributed by atoms with Gasteiger partial charge in [0.25, 0.3) is 0 Å². The molecule has 1 amide bonds. The Labute approximate surface area is 70.9 Å². The van der Waals surface area contributed by atoms with Crippen LogP contribution in [0, 0.1) is 5.92 Å². The van der Waals surface area contributed by atoms with E-state index < -0.39 is 17.9 Å². The summed E-state index contributed by atoms with van der Waals surface area (Å²) in [6, 6.07) is -0.766. The van der Waals surface area contributed by atoms with Gasteiger partial charge in [-0.25, -0.2) is 0 Å². The highest BCUT2D eigenvalue weighted by Crippen LogP contribution is 1.98. The van der Waals surface area contributed by atoms with Crippen LogP contribution in [0.15, 0.2) is 0 Å². The largest absolute Gasteiger partial charge is 0.396 e. The molecule has 70 valence electrons. The van der Waals surface area contributed by atoms with Gasteiger partial charge in [0.05, 0.1) is 18.6 Å². The van der Waals surface area contributed by atoms with Crippen LogP contribution in [0.25, 0.3) is 0 Å². The van der Waals surface area contributed by atoms with E-state index in [-0.39, 0.29) is 6.61 Å². The summed E-state index contributed by atoms with van der Waals surface area (Å²) >= 11 is 0. The zero-order valence-electron chi connectivity index (χ0n) is 6.99. The van der Waals surface area contributed by atoms with Crippen LogP contribution in [0.2, 0.25) is 0 Å². The lowest BCUT2D eigenvalue weighted by atomic mass is 10.0. The van der Waals surface area contributed by atoms with E-state index in [4.69, 9.17) is 10.8 Å². The van der Waals surface area contributed by atoms with Crippen LogP contribution in [-0.2, 0) is 9.59 Å². The Morgan fingerprint density at radius 2 is 2.33 bits per heavy atom. The maximum absolute atomic E-state index is 10.7. The number of aldehydes is 1. The van der Waals surface area contributed by atoms with Gasteiger partial charge in [-0.1, -0.05) is 6.92 Å². The van der Waals surface area contributed by atoms with Crippen molar-refractivity contribution >= 4 is 12.2 Å². The number of hydrogen-bond acceptors (Lipinski definition) is 4. The van der Waals surface area contributed by atoms with Gasteiger partial charge in [-0.3, -0.25) is 4.79 Å². The average Bonchev–Trinajstić information content (AvgIpc) is 2.05. The molecule has 0 saturated heterocycles. The number of aliphatic hydroxyl groups is 1. The van der Waals surface area contributed by atoms with E-state index in [0.717, 1.165) is 0 Å². The van der Waals surface area contributed by atoms with Gasteiger partial charge < -0.3 is 21.0 Å². The summed E-state index contributed by atoms with van der Waals surface area (Å²) in [6.45, 7) is 1.94. The normalized spacial score (nSPS) is 15.2. The van der Waals surface area contributed by atoms with E-state index in [0.29, 0.717) is 12.8 Å². The Morgan fingerprint density at radius 1 is 1.75 bits per heavy atom. The SMILES string of the molecule is CCNC(C(N)=O)C(C=O)CO. The maximum Gasteiger partial charge on any atom is 0.235 e. The molecule has 0 heterocycles. The van der Waals surface area contributed by atoms with Crippen LogP contribution in [-0.4, -0.2) is 36.5 Å². The second-order valence-corrected chi connectivity index (χ2v) is 2.42. The van der Waals surface area contributed by atoms with E-state index in [9.17, 15) is 9.59 Å². The van der Waals surface area contributed by atoms with Crippen molar-refractivity contribution < 1.29 is 14.7 Å². The van der Waals surface area contributed by atoms with E-state index in [1.54, 1.807) is 6.92 Å². The fraction of sp³-hybridized carbons (Fsp3) is 0.714. The number of primary amides is 1. The van der Waals surface area contributed by atoms with E-state index in [1.807, 2.05) is 0 Å². The lowest BCUT2D eigenvalue weighted by molar-refractivity contribution is -0.125. The zero-order chi connectivity index (χ0) is 9.56. The van der Waals surface area contributed by atoms with Crippen molar-refractivity contribution in [1.82, 2.24) is 5.32 Å². The van der Waals surface area contributed by atoms with Gasteiger partial charge in [0, 0.05) is 0 Å². The lowest BCUT2D eigenvalue weighted by Gasteiger charge is -2.18. The number of nitrogens with two attached hydrogens (primary N) is 1. The van der Waals surface area contributed by atoms with Crippen molar-refractivity contribution in [3.63, 3.8) is 0 Å². The molecule has 12 heavy (non-hydrogen) atoms. The minimum Gasteiger partial charge on any atom is -0.396 e. The molecule has 0 aliphatic heterocycles. The summed E-state index contributed by atoms with van der Waals surface area (Å²) in [5.74, 6) is -1.37. The molecule has 0 aliphatic rings. The molecule has 5 heteroatoms. The lowest BCUT2D eigenvalue weighted by Crippen LogP contribution is -2.48. The molecule has 0 rings (SSSR count). The standard InChI is InChI=1S/C7H14N2O3/c1-2-9-6(7(8)12)5(3-10)4-11/h3,5-6,9,11H,2,4H2,1H3,(H2,8,12). The number of hydrogen-bond donors (Lipinski definition) is 3. The molecular weight excluding hydrogens is 160 g/mol. The van der Waals surface area contributed by atoms with Gasteiger partial charge in [-0.15, -0.1) is 0 Å². The molecule has 5 nitrogen and oxygen atoms in total. The molecule has 0 aliphatic carbocycles. The fourth-order valence-corrected chi connectivity index (χ4v) is 0.910. The first-order valence-electron chi connectivity index (χ1n) is 3.76. The highest BCUT2D eigenvalue weighted by atomic mass is 16.3. The Balaban J connectivity index is 4.24. The van der Waals surface area contributed by atoms with Crippen LogP contribution < -0.4 is 11.1 Å². The quantitative estimate of drug-likeness (QED) is 0.417. The zero-order valence-corrected chi connectivity index (χ0v) is 6.99. The highest BCUT2D eigenvalue weighted by molar-refractivity contribution is 5.83. The number of nitrogens with one attached hydrogen (secondary N) is 1. The maximum atomic E-state index is 10.7. The first kappa shape index (κ1) is 11.1. The third kappa shape index (κ3) is 2.98. The van der Waals surface area contributed by atoms with Crippen LogP contribution in [0.1, 0.15) is 6.92 Å². The molecule has 2 atom stereocenters. The predicted octanol–water partition coefficient (Wildman–Crippen LogP) is -1.74. The van der Waals surface area contributed by atoms with Crippen molar-refractivity contribution in [2.24, 2.45) is 11.7 Å². The molecule has 0 aromatic heterocycles. The minimum absolute atomic E-state index is 0.371. The van der Waals surface area contributed by atoms with E-state index in [1.165, 1.54) is 0 Å². The fourth-order valence-electron chi connectivity index (χ4n) is 0.910. The number of carbonyl (C=O) groups is 2. The van der Waals surface area contributed by atoms with Crippen LogP contribution in [0.4, 0.5) is 0 Å². The van der Waals surface area contributed by atoms with Crippen molar-refractivity contribution in [2.45, 2.75) is 13.0 Å². The van der Waals surface area contributed by atoms with Gasteiger partial charge >= 0.3 is 0 Å². The molecular formula is C7H14N2O3. The van der Waals surface area contributed by atoms with Crippen LogP contribution >= 0.6 is 0 Å². The molecule has 0 fully saturated rings. The predicted molar refractivity (Wildman–Crippen MR) is 43.3 cm³/mol. The Hall–Kier alpha value is -0.940. The Kier molecular flexibility index (Phi) is 5.23. The van der Waals surface area contributed by atoms with Gasteiger partial charge in [-0.2, -0.15) is 0 Å². The number of amides is 1. The second-order valence-electron chi connectivity index (χ2n) is 2.42. The second kappa shape index (κ2) is 5.68. The minimum atomic E-state index is -0.766. The van der Waals surface area contributed by atoms with Crippen molar-refractivity contribution in [3.05, 3.63) is 0 Å². The van der Waals surface area contributed by atoms with Crippen molar-refractivity contribution in [1.29, 1.82) is 0 Å². The average molecular weight is 174 g/mol. The van der Waals surface area contributed by atoms with Gasteiger partial charge in [-0.05, 0) is 6.54 Å². The summed E-state index contributed by atoms with van der Waals surface area (Å²) in [7, 11) is 0. The molecule has 2 unspecified atom stereocenters. The summed E-state index contributed by atoms with van der Waals surface area (Å²) in [6.07, 6.45) is 0.526. The summed E-state index contributed by atoms with van der Waals surface area (Å²) in [5, 5.41) is 11.4. The third-order valence-electron chi connectivity index (χ3n) is 1.54. The van der Waals surface area contributed by atoms with Crippen LogP contribution in [0.5, 0.6) is 0 Å². The molecule has 0 radical (unpaired) electrons. The molecule has 0 aromatic carbocycles. The number of carbonyl (C=O) groups excluding carboxylic acids is 2. The first-order valence-corrected chi connectivity index (χ1v) is 3.76. The molecule has 0 spiro atoms. The molecule has 4 N–H and O–H groups in total. The van der Waals surface area contributed by atoms with Crippen molar-refractivity contribution in [3.8, 4) is 0 Å². The van der Waals surface area contributed by atoms with E-state index >= 15 is 0 Å². The monoisotopic (exact) mass is 174 g/mol. The number of rotatable bonds is 6. The van der Waals surface area contributed by atoms with Gasteiger partial charge in [0.15, 0.2) is 0 Å². The van der Waals surface area contributed by atoms with Crippen molar-refractivity contribution in [2.75, 3.05) is 13.2 Å². The number of likely N-dealkylation sites (N-methyl/N-ethyl adjacent to an activating group) is 1.